The topological polar surface area (TPSA) is 80.5 Å². The summed E-state index contributed by atoms with van der Waals surface area (Å²) in [5.74, 6) is 1.57. The van der Waals surface area contributed by atoms with Gasteiger partial charge in [-0.05, 0) is 50.5 Å². The van der Waals surface area contributed by atoms with Crippen molar-refractivity contribution in [3.63, 3.8) is 0 Å². The summed E-state index contributed by atoms with van der Waals surface area (Å²) < 4.78 is 11.3. The molecule has 0 radical (unpaired) electrons. The number of anilines is 1. The summed E-state index contributed by atoms with van der Waals surface area (Å²) in [6.07, 6.45) is 3.81. The van der Waals surface area contributed by atoms with Crippen LogP contribution in [0.3, 0.4) is 0 Å². The number of hydrogen-bond acceptors (Lipinski definition) is 6. The molecule has 0 bridgehead atoms. The average Bonchev–Trinajstić information content (AvgIpc) is 3.29. The van der Waals surface area contributed by atoms with Crippen LogP contribution in [0.5, 0.6) is 0 Å². The Bertz CT molecular complexity index is 716. The van der Waals surface area contributed by atoms with Gasteiger partial charge >= 0.3 is 0 Å². The maximum atomic E-state index is 12.4. The molecule has 7 heteroatoms. The van der Waals surface area contributed by atoms with Crippen molar-refractivity contribution in [1.82, 2.24) is 15.5 Å². The second-order valence-corrected chi connectivity index (χ2v) is 6.62. The fraction of sp³-hybridized carbons (Fsp3) is 0.500. The van der Waals surface area contributed by atoms with Crippen LogP contribution < -0.4 is 10.2 Å². The van der Waals surface area contributed by atoms with E-state index < -0.39 is 0 Å². The molecular weight excluding hydrogens is 320 g/mol. The van der Waals surface area contributed by atoms with Crippen LogP contribution >= 0.6 is 0 Å². The number of fused-ring (bicyclic) bond motifs is 1. The van der Waals surface area contributed by atoms with Gasteiger partial charge in [0.15, 0.2) is 5.82 Å². The molecule has 0 aromatic carbocycles. The molecule has 2 saturated heterocycles. The van der Waals surface area contributed by atoms with Crippen LogP contribution in [0.2, 0.25) is 0 Å². The van der Waals surface area contributed by atoms with Gasteiger partial charge in [-0.1, -0.05) is 0 Å². The molecule has 2 aliphatic rings. The zero-order chi connectivity index (χ0) is 17.2. The molecule has 2 aromatic heterocycles. The SMILES string of the molecule is Cc1ccc(N2CC[C@@H]3O[C@@H](C(=O)NCc4ccco4)CC[C@@H]32)nn1. The Balaban J connectivity index is 1.35. The van der Waals surface area contributed by atoms with E-state index in [0.717, 1.165) is 36.7 Å². The molecule has 3 atom stereocenters. The van der Waals surface area contributed by atoms with Crippen molar-refractivity contribution in [1.29, 1.82) is 0 Å². The molecule has 2 aliphatic heterocycles. The van der Waals surface area contributed by atoms with Gasteiger partial charge in [0.2, 0.25) is 5.91 Å². The molecule has 132 valence electrons. The van der Waals surface area contributed by atoms with Crippen LogP contribution in [0.15, 0.2) is 34.9 Å². The third-order valence-corrected chi connectivity index (χ3v) is 4.94. The van der Waals surface area contributed by atoms with Gasteiger partial charge < -0.3 is 19.4 Å². The maximum Gasteiger partial charge on any atom is 0.249 e. The number of furan rings is 1. The lowest BCUT2D eigenvalue weighted by atomic mass is 9.98. The fourth-order valence-electron chi connectivity index (χ4n) is 3.65. The number of amides is 1. The van der Waals surface area contributed by atoms with Gasteiger partial charge in [0.05, 0.1) is 30.6 Å². The molecule has 0 aliphatic carbocycles. The summed E-state index contributed by atoms with van der Waals surface area (Å²) in [6, 6.07) is 7.91. The summed E-state index contributed by atoms with van der Waals surface area (Å²) in [4.78, 5) is 14.6. The predicted octanol–water partition coefficient (Wildman–Crippen LogP) is 1.82. The Labute approximate surface area is 146 Å². The number of carbonyl (C=O) groups excluding carboxylic acids is 1. The van der Waals surface area contributed by atoms with Crippen molar-refractivity contribution in [2.45, 2.75) is 51.0 Å². The first-order valence-electron chi connectivity index (χ1n) is 8.73. The Morgan fingerprint density at radius 1 is 1.28 bits per heavy atom. The Morgan fingerprint density at radius 2 is 2.20 bits per heavy atom. The quantitative estimate of drug-likeness (QED) is 0.913. The van der Waals surface area contributed by atoms with E-state index in [0.29, 0.717) is 13.0 Å². The zero-order valence-electron chi connectivity index (χ0n) is 14.2. The first-order valence-corrected chi connectivity index (χ1v) is 8.73. The van der Waals surface area contributed by atoms with Crippen molar-refractivity contribution < 1.29 is 13.9 Å². The minimum atomic E-state index is -0.389. The normalized spacial score (nSPS) is 25.6. The molecule has 4 rings (SSSR count). The highest BCUT2D eigenvalue weighted by Crippen LogP contribution is 2.34. The van der Waals surface area contributed by atoms with E-state index in [2.05, 4.69) is 20.4 Å². The number of nitrogens with zero attached hydrogens (tertiary/aromatic N) is 3. The highest BCUT2D eigenvalue weighted by molar-refractivity contribution is 5.80. The van der Waals surface area contributed by atoms with E-state index in [1.807, 2.05) is 31.2 Å². The molecule has 0 saturated carbocycles. The molecule has 0 unspecified atom stereocenters. The lowest BCUT2D eigenvalue weighted by Gasteiger charge is -2.35. The Hall–Kier alpha value is -2.41. The number of ether oxygens (including phenoxy) is 1. The molecule has 4 heterocycles. The molecule has 25 heavy (non-hydrogen) atoms. The summed E-state index contributed by atoms with van der Waals surface area (Å²) in [5.41, 5.74) is 0.910. The van der Waals surface area contributed by atoms with E-state index in [1.54, 1.807) is 6.26 Å². The molecule has 0 spiro atoms. The summed E-state index contributed by atoms with van der Waals surface area (Å²) in [6.45, 7) is 3.21. The predicted molar refractivity (Wildman–Crippen MR) is 91.0 cm³/mol. The number of nitrogens with one attached hydrogen (secondary N) is 1. The molecule has 2 aromatic rings. The van der Waals surface area contributed by atoms with Crippen LogP contribution in [0.25, 0.3) is 0 Å². The van der Waals surface area contributed by atoms with Crippen LogP contribution in [-0.2, 0) is 16.1 Å². The number of rotatable bonds is 4. The first-order chi connectivity index (χ1) is 12.2. The monoisotopic (exact) mass is 342 g/mol. The lowest BCUT2D eigenvalue weighted by Crippen LogP contribution is -2.48. The second kappa shape index (κ2) is 6.84. The van der Waals surface area contributed by atoms with Crippen LogP contribution in [-0.4, -0.2) is 40.9 Å². The zero-order valence-corrected chi connectivity index (χ0v) is 14.2. The molecule has 1 amide bonds. The first kappa shape index (κ1) is 16.1. The lowest BCUT2D eigenvalue weighted by molar-refractivity contribution is -0.141. The van der Waals surface area contributed by atoms with Gasteiger partial charge in [-0.15, -0.1) is 5.10 Å². The number of aryl methyl sites for hydroxylation is 1. The van der Waals surface area contributed by atoms with Crippen LogP contribution in [0.4, 0.5) is 5.82 Å². The van der Waals surface area contributed by atoms with E-state index in [4.69, 9.17) is 9.15 Å². The molecule has 2 fully saturated rings. The standard InChI is InChI=1S/C18H22N4O3/c1-12-4-7-17(21-20-12)22-9-8-15-14(22)5-6-16(25-15)18(23)19-11-13-3-2-10-24-13/h2-4,7,10,14-16H,5-6,8-9,11H2,1H3,(H,19,23)/t14-,15-,16+/m0/s1. The van der Waals surface area contributed by atoms with Crippen molar-refractivity contribution >= 4 is 11.7 Å². The van der Waals surface area contributed by atoms with Gasteiger partial charge in [-0.3, -0.25) is 4.79 Å². The third-order valence-electron chi connectivity index (χ3n) is 4.94. The smallest absolute Gasteiger partial charge is 0.249 e. The van der Waals surface area contributed by atoms with Gasteiger partial charge in [-0.25, -0.2) is 0 Å². The maximum absolute atomic E-state index is 12.4. The van der Waals surface area contributed by atoms with E-state index >= 15 is 0 Å². The second-order valence-electron chi connectivity index (χ2n) is 6.62. The largest absolute Gasteiger partial charge is 0.467 e. The van der Waals surface area contributed by atoms with Gasteiger partial charge in [-0.2, -0.15) is 5.10 Å². The van der Waals surface area contributed by atoms with E-state index in [9.17, 15) is 4.79 Å². The van der Waals surface area contributed by atoms with Crippen molar-refractivity contribution in [2.24, 2.45) is 0 Å². The minimum absolute atomic E-state index is 0.0659. The number of hydrogen-bond donors (Lipinski definition) is 1. The van der Waals surface area contributed by atoms with Gasteiger partial charge in [0.25, 0.3) is 0 Å². The van der Waals surface area contributed by atoms with E-state index in [-0.39, 0.29) is 24.2 Å². The number of carbonyl (C=O) groups is 1. The highest BCUT2D eigenvalue weighted by atomic mass is 16.5. The number of aromatic nitrogens is 2. The van der Waals surface area contributed by atoms with Gasteiger partial charge in [0.1, 0.15) is 11.9 Å². The Kier molecular flexibility index (Phi) is 4.40. The summed E-state index contributed by atoms with van der Waals surface area (Å²) in [7, 11) is 0. The van der Waals surface area contributed by atoms with Crippen molar-refractivity contribution in [3.8, 4) is 0 Å². The van der Waals surface area contributed by atoms with Crippen molar-refractivity contribution in [3.05, 3.63) is 42.0 Å². The highest BCUT2D eigenvalue weighted by Gasteiger charge is 2.42. The summed E-state index contributed by atoms with van der Waals surface area (Å²) >= 11 is 0. The van der Waals surface area contributed by atoms with Gasteiger partial charge in [0, 0.05) is 6.54 Å². The van der Waals surface area contributed by atoms with Crippen molar-refractivity contribution in [2.75, 3.05) is 11.4 Å². The van der Waals surface area contributed by atoms with E-state index in [1.165, 1.54) is 0 Å². The fourth-order valence-corrected chi connectivity index (χ4v) is 3.65. The molecular formula is C18H22N4O3. The average molecular weight is 342 g/mol. The Morgan fingerprint density at radius 3 is 2.96 bits per heavy atom. The molecule has 1 N–H and O–H groups in total. The summed E-state index contributed by atoms with van der Waals surface area (Å²) in [5, 5.41) is 11.3. The molecule has 7 nitrogen and oxygen atoms in total. The minimum Gasteiger partial charge on any atom is -0.467 e. The van der Waals surface area contributed by atoms with Crippen LogP contribution in [0, 0.1) is 6.92 Å². The van der Waals surface area contributed by atoms with Crippen LogP contribution in [0.1, 0.15) is 30.7 Å². The third kappa shape index (κ3) is 3.37.